The van der Waals surface area contributed by atoms with Crippen LogP contribution < -0.4 is 0 Å². The van der Waals surface area contributed by atoms with Crippen molar-refractivity contribution < 1.29 is 4.74 Å². The minimum Gasteiger partial charge on any atom is -0.377 e. The minimum atomic E-state index is 0.369. The van der Waals surface area contributed by atoms with E-state index in [4.69, 9.17) is 4.74 Å². The third-order valence-electron chi connectivity index (χ3n) is 1.36. The molecule has 0 saturated carbocycles. The summed E-state index contributed by atoms with van der Waals surface area (Å²) in [6.45, 7) is 4.61. The molecule has 0 N–H and O–H groups in total. The number of hydrogen-bond acceptors (Lipinski definition) is 3. The molecule has 0 aliphatic heterocycles. The van der Waals surface area contributed by atoms with Crippen LogP contribution in [0.25, 0.3) is 0 Å². The second-order valence-electron chi connectivity index (χ2n) is 2.67. The quantitative estimate of drug-likeness (QED) is 0.654. The average Bonchev–Trinajstić information content (AvgIpc) is 2.37. The van der Waals surface area contributed by atoms with Gasteiger partial charge in [0.1, 0.15) is 12.9 Å². The van der Waals surface area contributed by atoms with E-state index in [-0.39, 0.29) is 0 Å². The summed E-state index contributed by atoms with van der Waals surface area (Å²) in [5, 5.41) is 4.18. The van der Waals surface area contributed by atoms with Gasteiger partial charge in [-0.05, 0) is 13.8 Å². The molecule has 1 heterocycles. The predicted molar refractivity (Wildman–Crippen MR) is 41.1 cm³/mol. The Labute approximate surface area is 66.2 Å². The van der Waals surface area contributed by atoms with Gasteiger partial charge in [0.15, 0.2) is 5.82 Å². The molecule has 0 aromatic carbocycles. The molecule has 4 nitrogen and oxygen atoms in total. The molecule has 0 aliphatic carbocycles. The first-order valence-electron chi connectivity index (χ1n) is 3.63. The zero-order valence-electron chi connectivity index (χ0n) is 7.11. The molecule has 0 radical (unpaired) electrons. The fourth-order valence-electron chi connectivity index (χ4n) is 0.755. The zero-order chi connectivity index (χ0) is 8.27. The number of ether oxygens (including phenoxy) is 1. The maximum absolute atomic E-state index is 4.88. The van der Waals surface area contributed by atoms with Gasteiger partial charge in [0.25, 0.3) is 0 Å². The minimum absolute atomic E-state index is 0.369. The van der Waals surface area contributed by atoms with Crippen LogP contribution in [0.5, 0.6) is 0 Å². The van der Waals surface area contributed by atoms with Gasteiger partial charge in [-0.3, -0.25) is 4.68 Å². The van der Waals surface area contributed by atoms with Crippen molar-refractivity contribution in [1.82, 2.24) is 14.8 Å². The van der Waals surface area contributed by atoms with Gasteiger partial charge in [0.05, 0.1) is 0 Å². The van der Waals surface area contributed by atoms with Crippen LogP contribution in [-0.4, -0.2) is 21.9 Å². The van der Waals surface area contributed by atoms with Gasteiger partial charge >= 0.3 is 0 Å². The van der Waals surface area contributed by atoms with Crippen LogP contribution in [0.2, 0.25) is 0 Å². The molecule has 0 fully saturated rings. The standard InChI is InChI=1S/C7H13N3O/c1-6(2)10-5-8-7(9-10)4-11-3/h5-6H,4H2,1-3H3. The van der Waals surface area contributed by atoms with Gasteiger partial charge in [0.2, 0.25) is 0 Å². The molecule has 4 heteroatoms. The predicted octanol–water partition coefficient (Wildman–Crippen LogP) is 1.01. The highest BCUT2D eigenvalue weighted by Crippen LogP contribution is 2.00. The maximum Gasteiger partial charge on any atom is 0.176 e. The molecule has 0 atom stereocenters. The summed E-state index contributed by atoms with van der Waals surface area (Å²) in [4.78, 5) is 4.05. The highest BCUT2D eigenvalue weighted by atomic mass is 16.5. The number of nitrogens with zero attached hydrogens (tertiary/aromatic N) is 3. The van der Waals surface area contributed by atoms with Crippen LogP contribution in [0.1, 0.15) is 25.7 Å². The van der Waals surface area contributed by atoms with Crippen LogP contribution in [0, 0.1) is 0 Å². The summed E-state index contributed by atoms with van der Waals surface area (Å²) in [7, 11) is 1.63. The van der Waals surface area contributed by atoms with Crippen LogP contribution in [-0.2, 0) is 11.3 Å². The number of hydrogen-bond donors (Lipinski definition) is 0. The summed E-state index contributed by atoms with van der Waals surface area (Å²) < 4.78 is 6.70. The molecule has 0 amide bonds. The van der Waals surface area contributed by atoms with Crippen molar-refractivity contribution in [2.24, 2.45) is 0 Å². The first kappa shape index (κ1) is 8.20. The van der Waals surface area contributed by atoms with Crippen LogP contribution in [0.15, 0.2) is 6.33 Å². The molecular formula is C7H13N3O. The van der Waals surface area contributed by atoms with E-state index in [1.807, 2.05) is 4.68 Å². The molecular weight excluding hydrogens is 142 g/mol. The van der Waals surface area contributed by atoms with Crippen molar-refractivity contribution in [3.63, 3.8) is 0 Å². The lowest BCUT2D eigenvalue weighted by molar-refractivity contribution is 0.177. The second kappa shape index (κ2) is 3.48. The van der Waals surface area contributed by atoms with E-state index < -0.39 is 0 Å². The van der Waals surface area contributed by atoms with E-state index in [2.05, 4.69) is 23.9 Å². The number of methoxy groups -OCH3 is 1. The summed E-state index contributed by atoms with van der Waals surface area (Å²) in [5.74, 6) is 0.737. The van der Waals surface area contributed by atoms with Gasteiger partial charge in [-0.15, -0.1) is 0 Å². The molecule has 62 valence electrons. The lowest BCUT2D eigenvalue weighted by Gasteiger charge is -2.01. The Morgan fingerprint density at radius 2 is 2.36 bits per heavy atom. The molecule has 0 unspecified atom stereocenters. The Hall–Kier alpha value is -0.900. The molecule has 0 saturated heterocycles. The SMILES string of the molecule is COCc1ncn(C(C)C)n1. The smallest absolute Gasteiger partial charge is 0.176 e. The van der Waals surface area contributed by atoms with Crippen molar-refractivity contribution in [1.29, 1.82) is 0 Å². The Morgan fingerprint density at radius 1 is 1.64 bits per heavy atom. The van der Waals surface area contributed by atoms with E-state index >= 15 is 0 Å². The summed E-state index contributed by atoms with van der Waals surface area (Å²) in [5.41, 5.74) is 0. The van der Waals surface area contributed by atoms with Crippen molar-refractivity contribution in [2.45, 2.75) is 26.5 Å². The van der Waals surface area contributed by atoms with Gasteiger partial charge in [-0.2, -0.15) is 5.10 Å². The largest absolute Gasteiger partial charge is 0.377 e. The lowest BCUT2D eigenvalue weighted by atomic mass is 10.4. The molecule has 0 bridgehead atoms. The fourth-order valence-corrected chi connectivity index (χ4v) is 0.755. The Kier molecular flexibility index (Phi) is 2.59. The summed E-state index contributed by atoms with van der Waals surface area (Å²) in [6.07, 6.45) is 1.72. The molecule has 1 rings (SSSR count). The molecule has 11 heavy (non-hydrogen) atoms. The molecule has 1 aromatic rings. The maximum atomic E-state index is 4.88. The Balaban J connectivity index is 2.66. The molecule has 1 aromatic heterocycles. The van der Waals surface area contributed by atoms with E-state index in [1.54, 1.807) is 13.4 Å². The topological polar surface area (TPSA) is 39.9 Å². The van der Waals surface area contributed by atoms with Crippen LogP contribution >= 0.6 is 0 Å². The summed E-state index contributed by atoms with van der Waals surface area (Å²) in [6, 6.07) is 0.369. The van der Waals surface area contributed by atoms with Crippen molar-refractivity contribution in [3.05, 3.63) is 12.2 Å². The highest BCUT2D eigenvalue weighted by Gasteiger charge is 2.01. The third kappa shape index (κ3) is 2.01. The monoisotopic (exact) mass is 155 g/mol. The van der Waals surface area contributed by atoms with E-state index in [0.29, 0.717) is 12.6 Å². The lowest BCUT2D eigenvalue weighted by Crippen LogP contribution is -2.01. The van der Waals surface area contributed by atoms with Gasteiger partial charge < -0.3 is 4.74 Å². The van der Waals surface area contributed by atoms with Gasteiger partial charge in [-0.1, -0.05) is 0 Å². The fraction of sp³-hybridized carbons (Fsp3) is 0.714. The van der Waals surface area contributed by atoms with Crippen molar-refractivity contribution in [2.75, 3.05) is 7.11 Å². The zero-order valence-corrected chi connectivity index (χ0v) is 7.11. The van der Waals surface area contributed by atoms with Crippen molar-refractivity contribution >= 4 is 0 Å². The number of aromatic nitrogens is 3. The van der Waals surface area contributed by atoms with Crippen LogP contribution in [0.3, 0.4) is 0 Å². The molecule has 0 aliphatic rings. The van der Waals surface area contributed by atoms with Crippen LogP contribution in [0.4, 0.5) is 0 Å². The first-order valence-corrected chi connectivity index (χ1v) is 3.63. The van der Waals surface area contributed by atoms with Gasteiger partial charge in [0, 0.05) is 13.2 Å². The Morgan fingerprint density at radius 3 is 2.82 bits per heavy atom. The highest BCUT2D eigenvalue weighted by molar-refractivity contribution is 4.79. The van der Waals surface area contributed by atoms with Gasteiger partial charge in [-0.25, -0.2) is 4.98 Å². The first-order chi connectivity index (χ1) is 5.24. The number of rotatable bonds is 3. The Bertz CT molecular complexity index is 219. The average molecular weight is 155 g/mol. The van der Waals surface area contributed by atoms with E-state index in [0.717, 1.165) is 5.82 Å². The van der Waals surface area contributed by atoms with Crippen molar-refractivity contribution in [3.8, 4) is 0 Å². The summed E-state index contributed by atoms with van der Waals surface area (Å²) >= 11 is 0. The second-order valence-corrected chi connectivity index (χ2v) is 2.67. The third-order valence-corrected chi connectivity index (χ3v) is 1.36. The normalized spacial score (nSPS) is 10.9. The van der Waals surface area contributed by atoms with E-state index in [1.165, 1.54) is 0 Å². The molecule has 0 spiro atoms. The van der Waals surface area contributed by atoms with E-state index in [9.17, 15) is 0 Å².